The van der Waals surface area contributed by atoms with E-state index in [-0.39, 0.29) is 12.3 Å². The summed E-state index contributed by atoms with van der Waals surface area (Å²) in [4.78, 5) is 25.5. The van der Waals surface area contributed by atoms with Crippen molar-refractivity contribution in [1.82, 2.24) is 19.7 Å². The standard InChI is InChI=1S/C16H18N4O3/c1-19-10-17-18-14(19)6-7-15(21)20-9-12-5-3-2-4-11(12)8-13(20)16(22)23/h2-5,10,13H,6-9H2,1H3,(H,22,23)/t13-/m0/s1. The average molecular weight is 314 g/mol. The molecule has 1 amide bonds. The second kappa shape index (κ2) is 6.20. The molecule has 0 saturated heterocycles. The number of benzene rings is 1. The van der Waals surface area contributed by atoms with E-state index in [1.54, 1.807) is 10.9 Å². The summed E-state index contributed by atoms with van der Waals surface area (Å²) in [7, 11) is 1.82. The number of amides is 1. The Kier molecular flexibility index (Phi) is 4.10. The number of aryl methyl sites for hydroxylation is 2. The maximum absolute atomic E-state index is 12.5. The van der Waals surface area contributed by atoms with Gasteiger partial charge in [0, 0.05) is 32.9 Å². The van der Waals surface area contributed by atoms with Crippen molar-refractivity contribution in [3.8, 4) is 0 Å². The average Bonchev–Trinajstić information content (AvgIpc) is 2.96. The number of carbonyl (C=O) groups excluding carboxylic acids is 1. The van der Waals surface area contributed by atoms with Crippen LogP contribution in [0.15, 0.2) is 30.6 Å². The highest BCUT2D eigenvalue weighted by Gasteiger charge is 2.34. The van der Waals surface area contributed by atoms with E-state index in [9.17, 15) is 14.7 Å². The molecule has 0 fully saturated rings. The second-order valence-electron chi connectivity index (χ2n) is 5.71. The lowest BCUT2D eigenvalue weighted by molar-refractivity contribution is -0.151. The van der Waals surface area contributed by atoms with Gasteiger partial charge in [0.1, 0.15) is 18.2 Å². The highest BCUT2D eigenvalue weighted by Crippen LogP contribution is 2.24. The van der Waals surface area contributed by atoms with Crippen molar-refractivity contribution in [2.45, 2.75) is 31.8 Å². The highest BCUT2D eigenvalue weighted by molar-refractivity contribution is 5.84. The Morgan fingerprint density at radius 2 is 2.04 bits per heavy atom. The maximum atomic E-state index is 12.5. The molecule has 7 nitrogen and oxygen atoms in total. The van der Waals surface area contributed by atoms with E-state index in [2.05, 4.69) is 10.2 Å². The number of nitrogens with zero attached hydrogens (tertiary/aromatic N) is 4. The third-order valence-electron chi connectivity index (χ3n) is 4.22. The quantitative estimate of drug-likeness (QED) is 0.901. The lowest BCUT2D eigenvalue weighted by Crippen LogP contribution is -2.48. The minimum Gasteiger partial charge on any atom is -0.480 e. The van der Waals surface area contributed by atoms with Crippen molar-refractivity contribution in [1.29, 1.82) is 0 Å². The topological polar surface area (TPSA) is 88.3 Å². The number of aliphatic carboxylic acids is 1. The fourth-order valence-corrected chi connectivity index (χ4v) is 2.90. The van der Waals surface area contributed by atoms with E-state index in [1.165, 1.54) is 4.90 Å². The zero-order chi connectivity index (χ0) is 16.4. The molecular formula is C16H18N4O3. The zero-order valence-electron chi connectivity index (χ0n) is 12.8. The maximum Gasteiger partial charge on any atom is 0.326 e. The van der Waals surface area contributed by atoms with Crippen LogP contribution in [0.1, 0.15) is 23.4 Å². The number of aromatic nitrogens is 3. The first-order valence-electron chi connectivity index (χ1n) is 7.48. The van der Waals surface area contributed by atoms with E-state index in [0.29, 0.717) is 25.2 Å². The molecule has 1 aromatic heterocycles. The van der Waals surface area contributed by atoms with Crippen LogP contribution in [0.25, 0.3) is 0 Å². The van der Waals surface area contributed by atoms with E-state index < -0.39 is 12.0 Å². The van der Waals surface area contributed by atoms with Gasteiger partial charge < -0.3 is 14.6 Å². The number of fused-ring (bicyclic) bond motifs is 1. The summed E-state index contributed by atoms with van der Waals surface area (Å²) in [6.07, 6.45) is 2.59. The number of carboxylic acids is 1. The van der Waals surface area contributed by atoms with Gasteiger partial charge >= 0.3 is 5.97 Å². The Hall–Kier alpha value is -2.70. The van der Waals surface area contributed by atoms with Crippen molar-refractivity contribution in [3.63, 3.8) is 0 Å². The Balaban J connectivity index is 1.75. The van der Waals surface area contributed by atoms with Crippen molar-refractivity contribution in [2.75, 3.05) is 0 Å². The molecule has 0 bridgehead atoms. The third-order valence-corrected chi connectivity index (χ3v) is 4.22. The van der Waals surface area contributed by atoms with Crippen LogP contribution in [0, 0.1) is 0 Å². The molecule has 2 aromatic rings. The fourth-order valence-electron chi connectivity index (χ4n) is 2.90. The van der Waals surface area contributed by atoms with Gasteiger partial charge in [-0.05, 0) is 11.1 Å². The molecule has 120 valence electrons. The van der Waals surface area contributed by atoms with Crippen LogP contribution in [0.5, 0.6) is 0 Å². The first-order chi connectivity index (χ1) is 11.1. The molecule has 1 aromatic carbocycles. The van der Waals surface area contributed by atoms with E-state index in [4.69, 9.17) is 0 Å². The molecule has 0 spiro atoms. The molecule has 3 rings (SSSR count). The van der Waals surface area contributed by atoms with Gasteiger partial charge in [-0.1, -0.05) is 24.3 Å². The van der Waals surface area contributed by atoms with Crippen molar-refractivity contribution in [2.24, 2.45) is 7.05 Å². The van der Waals surface area contributed by atoms with Crippen molar-refractivity contribution in [3.05, 3.63) is 47.5 Å². The monoisotopic (exact) mass is 314 g/mol. The second-order valence-corrected chi connectivity index (χ2v) is 5.71. The van der Waals surface area contributed by atoms with Crippen molar-refractivity contribution < 1.29 is 14.7 Å². The molecule has 0 aliphatic carbocycles. The van der Waals surface area contributed by atoms with Crippen LogP contribution < -0.4 is 0 Å². The number of hydrogen-bond acceptors (Lipinski definition) is 4. The molecule has 0 unspecified atom stereocenters. The Labute approximate surface area is 133 Å². The molecule has 7 heteroatoms. The molecule has 0 radical (unpaired) electrons. The van der Waals surface area contributed by atoms with Crippen LogP contribution in [0.4, 0.5) is 0 Å². The van der Waals surface area contributed by atoms with Gasteiger partial charge in [-0.15, -0.1) is 10.2 Å². The van der Waals surface area contributed by atoms with E-state index in [1.807, 2.05) is 31.3 Å². The van der Waals surface area contributed by atoms with Gasteiger partial charge in [-0.25, -0.2) is 4.79 Å². The smallest absolute Gasteiger partial charge is 0.326 e. The summed E-state index contributed by atoms with van der Waals surface area (Å²) >= 11 is 0. The third kappa shape index (κ3) is 3.08. The molecular weight excluding hydrogens is 296 g/mol. The Bertz CT molecular complexity index is 740. The first kappa shape index (κ1) is 15.2. The van der Waals surface area contributed by atoms with Gasteiger partial charge in [-0.3, -0.25) is 4.79 Å². The predicted octanol–water partition coefficient (Wildman–Crippen LogP) is 0.786. The molecule has 0 saturated carbocycles. The molecule has 2 heterocycles. The fraction of sp³-hybridized carbons (Fsp3) is 0.375. The summed E-state index contributed by atoms with van der Waals surface area (Å²) in [5, 5.41) is 17.2. The highest BCUT2D eigenvalue weighted by atomic mass is 16.4. The zero-order valence-corrected chi connectivity index (χ0v) is 12.8. The van der Waals surface area contributed by atoms with Crippen LogP contribution in [0.3, 0.4) is 0 Å². The van der Waals surface area contributed by atoms with Crippen LogP contribution in [0.2, 0.25) is 0 Å². The molecule has 23 heavy (non-hydrogen) atoms. The van der Waals surface area contributed by atoms with Crippen LogP contribution in [-0.4, -0.2) is 42.7 Å². The van der Waals surface area contributed by atoms with Gasteiger partial charge in [-0.2, -0.15) is 0 Å². The number of carboxylic acid groups (broad SMARTS) is 1. The first-order valence-corrected chi connectivity index (χ1v) is 7.48. The largest absolute Gasteiger partial charge is 0.480 e. The summed E-state index contributed by atoms with van der Waals surface area (Å²) in [5.74, 6) is -0.427. The molecule has 1 aliphatic heterocycles. The number of rotatable bonds is 4. The van der Waals surface area contributed by atoms with Gasteiger partial charge in [0.15, 0.2) is 0 Å². The normalized spacial score (nSPS) is 16.9. The summed E-state index contributed by atoms with van der Waals surface area (Å²) in [5.41, 5.74) is 2.01. The predicted molar refractivity (Wildman–Crippen MR) is 81.4 cm³/mol. The SMILES string of the molecule is Cn1cnnc1CCC(=O)N1Cc2ccccc2C[C@H]1C(=O)O. The lowest BCUT2D eigenvalue weighted by Gasteiger charge is -2.34. The number of carbonyl (C=O) groups is 2. The van der Waals surface area contributed by atoms with Crippen LogP contribution >= 0.6 is 0 Å². The van der Waals surface area contributed by atoms with Gasteiger partial charge in [0.25, 0.3) is 0 Å². The molecule has 1 aliphatic rings. The van der Waals surface area contributed by atoms with Gasteiger partial charge in [0.05, 0.1) is 0 Å². The summed E-state index contributed by atoms with van der Waals surface area (Å²) in [6.45, 7) is 0.338. The minimum absolute atomic E-state index is 0.171. The summed E-state index contributed by atoms with van der Waals surface area (Å²) < 4.78 is 1.76. The number of hydrogen-bond donors (Lipinski definition) is 1. The molecule has 1 N–H and O–H groups in total. The van der Waals surface area contributed by atoms with Crippen LogP contribution in [-0.2, 0) is 36.0 Å². The van der Waals surface area contributed by atoms with E-state index >= 15 is 0 Å². The van der Waals surface area contributed by atoms with Crippen molar-refractivity contribution >= 4 is 11.9 Å². The lowest BCUT2D eigenvalue weighted by atomic mass is 9.93. The Morgan fingerprint density at radius 1 is 1.30 bits per heavy atom. The van der Waals surface area contributed by atoms with E-state index in [0.717, 1.165) is 11.1 Å². The Morgan fingerprint density at radius 3 is 2.70 bits per heavy atom. The molecule has 1 atom stereocenters. The minimum atomic E-state index is -0.966. The van der Waals surface area contributed by atoms with Gasteiger partial charge in [0.2, 0.25) is 5.91 Å². The summed E-state index contributed by atoms with van der Waals surface area (Å²) in [6, 6.07) is 6.85.